The Balaban J connectivity index is 1.63. The van der Waals surface area contributed by atoms with Crippen LogP contribution in [0.4, 0.5) is 8.78 Å². The molecule has 1 N–H and O–H groups in total. The quantitative estimate of drug-likeness (QED) is 0.654. The van der Waals surface area contributed by atoms with Crippen molar-refractivity contribution in [1.29, 1.82) is 0 Å². The molecule has 0 saturated carbocycles. The predicted molar refractivity (Wildman–Crippen MR) is 109 cm³/mol. The van der Waals surface area contributed by atoms with Gasteiger partial charge in [-0.25, -0.2) is 8.78 Å². The highest BCUT2D eigenvalue weighted by Crippen LogP contribution is 2.30. The molecule has 29 heavy (non-hydrogen) atoms. The lowest BCUT2D eigenvalue weighted by molar-refractivity contribution is 0.0941. The van der Waals surface area contributed by atoms with Crippen LogP contribution >= 0.6 is 0 Å². The summed E-state index contributed by atoms with van der Waals surface area (Å²) in [5.74, 6) is -0.697. The summed E-state index contributed by atoms with van der Waals surface area (Å²) in [6.45, 7) is 2.89. The van der Waals surface area contributed by atoms with E-state index in [0.29, 0.717) is 18.8 Å². The van der Waals surface area contributed by atoms with E-state index >= 15 is 0 Å². The average molecular weight is 394 g/mol. The lowest BCUT2D eigenvalue weighted by atomic mass is 9.95. The van der Waals surface area contributed by atoms with E-state index in [4.69, 9.17) is 0 Å². The Bertz CT molecular complexity index is 1020. The number of benzene rings is 2. The van der Waals surface area contributed by atoms with Gasteiger partial charge in [-0.2, -0.15) is 0 Å². The first-order valence-electron chi connectivity index (χ1n) is 10.0. The van der Waals surface area contributed by atoms with Gasteiger partial charge >= 0.3 is 0 Å². The van der Waals surface area contributed by atoms with Gasteiger partial charge in [0.1, 0.15) is 17.3 Å². The molecular weight excluding hydrogens is 370 g/mol. The molecule has 0 bridgehead atoms. The molecule has 150 valence electrons. The first-order valence-corrected chi connectivity index (χ1v) is 10.0. The molecule has 0 radical (unpaired) electrons. The number of halogens is 2. The summed E-state index contributed by atoms with van der Waals surface area (Å²) in [5, 5.41) is 2.98. The number of carbonyl (C=O) groups excluding carboxylic acids is 1. The Kier molecular flexibility index (Phi) is 5.47. The summed E-state index contributed by atoms with van der Waals surface area (Å²) in [6.07, 6.45) is 4.17. The summed E-state index contributed by atoms with van der Waals surface area (Å²) >= 11 is 0. The van der Waals surface area contributed by atoms with Crippen molar-refractivity contribution >= 4 is 5.91 Å². The van der Waals surface area contributed by atoms with E-state index in [1.165, 1.54) is 35.5 Å². The van der Waals surface area contributed by atoms with E-state index < -0.39 is 0 Å². The maximum Gasteiger partial charge on any atom is 0.268 e. The summed E-state index contributed by atoms with van der Waals surface area (Å²) in [4.78, 5) is 13.1. The third-order valence-corrected chi connectivity index (χ3v) is 5.68. The Morgan fingerprint density at radius 1 is 0.931 bits per heavy atom. The molecule has 5 heteroatoms. The number of rotatable bonds is 5. The van der Waals surface area contributed by atoms with Crippen molar-refractivity contribution in [2.75, 3.05) is 0 Å². The molecule has 3 aromatic rings. The molecule has 1 heterocycles. The standard InChI is InChI=1S/C24H24F2N2O/c1-16-21-4-2-3-5-22(21)28(15-18-8-12-20(26)13-9-18)23(16)24(29)27-14-17-6-10-19(25)11-7-17/h6-13H,2-5,14-15H2,1H3,(H,27,29). The van der Waals surface area contributed by atoms with Crippen LogP contribution in [0.2, 0.25) is 0 Å². The highest BCUT2D eigenvalue weighted by atomic mass is 19.1. The number of hydrogen-bond donors (Lipinski definition) is 1. The van der Waals surface area contributed by atoms with Crippen molar-refractivity contribution < 1.29 is 13.6 Å². The van der Waals surface area contributed by atoms with Crippen molar-refractivity contribution in [3.8, 4) is 0 Å². The highest BCUT2D eigenvalue weighted by molar-refractivity contribution is 5.95. The van der Waals surface area contributed by atoms with E-state index in [0.717, 1.165) is 42.4 Å². The Hall–Kier alpha value is -2.95. The molecule has 1 aliphatic rings. The van der Waals surface area contributed by atoms with Crippen LogP contribution in [0.1, 0.15) is 51.3 Å². The predicted octanol–water partition coefficient (Wildman–Crippen LogP) is 4.93. The first kappa shape index (κ1) is 19.4. The Labute approximate surface area is 169 Å². The Morgan fingerprint density at radius 2 is 1.52 bits per heavy atom. The van der Waals surface area contributed by atoms with Crippen LogP contribution in [-0.2, 0) is 25.9 Å². The number of amides is 1. The van der Waals surface area contributed by atoms with Crippen LogP contribution in [0, 0.1) is 18.6 Å². The van der Waals surface area contributed by atoms with E-state index in [9.17, 15) is 13.6 Å². The molecule has 2 aromatic carbocycles. The van der Waals surface area contributed by atoms with Gasteiger partial charge in [0.05, 0.1) is 0 Å². The van der Waals surface area contributed by atoms with Crippen molar-refractivity contribution in [3.63, 3.8) is 0 Å². The molecule has 1 aliphatic carbocycles. The number of fused-ring (bicyclic) bond motifs is 1. The lowest BCUT2D eigenvalue weighted by Crippen LogP contribution is -2.27. The summed E-state index contributed by atoms with van der Waals surface area (Å²) < 4.78 is 28.5. The molecule has 0 spiro atoms. The van der Waals surface area contributed by atoms with Gasteiger partial charge in [0, 0.05) is 18.8 Å². The molecule has 1 aromatic heterocycles. The van der Waals surface area contributed by atoms with Gasteiger partial charge < -0.3 is 9.88 Å². The molecule has 0 atom stereocenters. The van der Waals surface area contributed by atoms with Crippen LogP contribution in [0.5, 0.6) is 0 Å². The van der Waals surface area contributed by atoms with Crippen molar-refractivity contribution in [1.82, 2.24) is 9.88 Å². The number of aromatic nitrogens is 1. The topological polar surface area (TPSA) is 34.0 Å². The van der Waals surface area contributed by atoms with E-state index in [-0.39, 0.29) is 17.5 Å². The third-order valence-electron chi connectivity index (χ3n) is 5.68. The third kappa shape index (κ3) is 4.09. The van der Waals surface area contributed by atoms with Gasteiger partial charge in [-0.3, -0.25) is 4.79 Å². The number of nitrogens with one attached hydrogen (secondary N) is 1. The minimum atomic E-state index is -0.295. The molecule has 0 fully saturated rings. The average Bonchev–Trinajstić information content (AvgIpc) is 3.01. The Morgan fingerprint density at radius 3 is 2.17 bits per heavy atom. The second-order valence-electron chi connectivity index (χ2n) is 7.63. The van der Waals surface area contributed by atoms with Gasteiger partial charge in [-0.05, 0) is 79.1 Å². The van der Waals surface area contributed by atoms with Gasteiger partial charge in [-0.15, -0.1) is 0 Å². The fourth-order valence-electron chi connectivity index (χ4n) is 4.18. The summed E-state index contributed by atoms with van der Waals surface area (Å²) in [6, 6.07) is 12.6. The zero-order valence-electron chi connectivity index (χ0n) is 16.5. The normalized spacial score (nSPS) is 13.2. The molecule has 4 rings (SSSR count). The maximum atomic E-state index is 13.3. The summed E-state index contributed by atoms with van der Waals surface area (Å²) in [5.41, 5.74) is 5.98. The van der Waals surface area contributed by atoms with E-state index in [1.54, 1.807) is 24.3 Å². The second kappa shape index (κ2) is 8.19. The van der Waals surface area contributed by atoms with Crippen molar-refractivity contribution in [2.24, 2.45) is 0 Å². The van der Waals surface area contributed by atoms with Crippen LogP contribution in [0.25, 0.3) is 0 Å². The second-order valence-corrected chi connectivity index (χ2v) is 7.63. The van der Waals surface area contributed by atoms with Crippen molar-refractivity contribution in [2.45, 2.75) is 45.7 Å². The fraction of sp³-hybridized carbons (Fsp3) is 0.292. The SMILES string of the molecule is Cc1c2c(n(Cc3ccc(F)cc3)c1C(=O)NCc1ccc(F)cc1)CCCC2. The van der Waals surface area contributed by atoms with Crippen LogP contribution in [0.3, 0.4) is 0 Å². The van der Waals surface area contributed by atoms with Gasteiger partial charge in [0.25, 0.3) is 5.91 Å². The van der Waals surface area contributed by atoms with Crippen LogP contribution in [0.15, 0.2) is 48.5 Å². The highest BCUT2D eigenvalue weighted by Gasteiger charge is 2.26. The largest absolute Gasteiger partial charge is 0.347 e. The molecule has 1 amide bonds. The molecule has 3 nitrogen and oxygen atoms in total. The number of nitrogens with zero attached hydrogens (tertiary/aromatic N) is 1. The molecular formula is C24H24F2N2O. The maximum absolute atomic E-state index is 13.3. The minimum absolute atomic E-state index is 0.136. The monoisotopic (exact) mass is 394 g/mol. The van der Waals surface area contributed by atoms with Crippen LogP contribution in [-0.4, -0.2) is 10.5 Å². The van der Waals surface area contributed by atoms with Gasteiger partial charge in [-0.1, -0.05) is 24.3 Å². The van der Waals surface area contributed by atoms with E-state index in [2.05, 4.69) is 9.88 Å². The lowest BCUT2D eigenvalue weighted by Gasteiger charge is -2.17. The molecule has 0 unspecified atom stereocenters. The van der Waals surface area contributed by atoms with Crippen molar-refractivity contribution in [3.05, 3.63) is 93.8 Å². The zero-order chi connectivity index (χ0) is 20.4. The number of carbonyl (C=O) groups is 1. The van der Waals surface area contributed by atoms with Gasteiger partial charge in [0.15, 0.2) is 0 Å². The fourth-order valence-corrected chi connectivity index (χ4v) is 4.18. The molecule has 0 saturated heterocycles. The molecule has 0 aliphatic heterocycles. The van der Waals surface area contributed by atoms with E-state index in [1.807, 2.05) is 6.92 Å². The minimum Gasteiger partial charge on any atom is -0.347 e. The van der Waals surface area contributed by atoms with Gasteiger partial charge in [0.2, 0.25) is 0 Å². The first-order chi connectivity index (χ1) is 14.0. The van der Waals surface area contributed by atoms with Crippen LogP contribution < -0.4 is 5.32 Å². The zero-order valence-corrected chi connectivity index (χ0v) is 16.5. The summed E-state index contributed by atoms with van der Waals surface area (Å²) in [7, 11) is 0. The number of hydrogen-bond acceptors (Lipinski definition) is 1. The smallest absolute Gasteiger partial charge is 0.268 e.